The van der Waals surface area contributed by atoms with Gasteiger partial charge in [0.25, 0.3) is 5.91 Å². The number of nitrogens with two attached hydrogens (primary N) is 1. The van der Waals surface area contributed by atoms with Crippen LogP contribution < -0.4 is 11.1 Å². The number of aromatic hydroxyl groups is 1. The molecule has 0 fully saturated rings. The second kappa shape index (κ2) is 6.61. The van der Waals surface area contributed by atoms with Crippen molar-refractivity contribution in [2.24, 2.45) is 5.73 Å². The molecule has 5 nitrogen and oxygen atoms in total. The first-order valence-electron chi connectivity index (χ1n) is 6.81. The van der Waals surface area contributed by atoms with Crippen molar-refractivity contribution in [3.63, 3.8) is 0 Å². The number of guanidine groups is 1. The van der Waals surface area contributed by atoms with Gasteiger partial charge in [-0.25, -0.2) is 0 Å². The number of alkyl halides is 3. The van der Waals surface area contributed by atoms with Crippen molar-refractivity contribution in [2.75, 3.05) is 0 Å². The normalized spacial score (nSPS) is 11.1. The largest absolute Gasteiger partial charge is 0.507 e. The van der Waals surface area contributed by atoms with Crippen LogP contribution in [0, 0.1) is 5.41 Å². The number of phenolic OH excluding ortho intramolecular Hbond substituents is 1. The Kier molecular flexibility index (Phi) is 4.77. The van der Waals surface area contributed by atoms with E-state index in [2.05, 4.69) is 0 Å². The first-order chi connectivity index (χ1) is 11.2. The van der Waals surface area contributed by atoms with Crippen molar-refractivity contribution >= 4 is 11.9 Å². The molecule has 0 saturated heterocycles. The highest BCUT2D eigenvalue weighted by Gasteiger charge is 2.31. The predicted octanol–water partition coefficient (Wildman–Crippen LogP) is 2.79. The second-order valence-electron chi connectivity index (χ2n) is 5.02. The Labute approximate surface area is 135 Å². The third kappa shape index (κ3) is 4.03. The van der Waals surface area contributed by atoms with Gasteiger partial charge in [0.2, 0.25) is 0 Å². The van der Waals surface area contributed by atoms with E-state index in [1.807, 2.05) is 5.32 Å². The van der Waals surface area contributed by atoms with E-state index in [1.165, 1.54) is 12.1 Å². The van der Waals surface area contributed by atoms with E-state index in [0.29, 0.717) is 5.56 Å². The molecule has 1 amide bonds. The van der Waals surface area contributed by atoms with Gasteiger partial charge in [0, 0.05) is 5.56 Å². The van der Waals surface area contributed by atoms with Crippen LogP contribution in [-0.2, 0) is 6.42 Å². The molecule has 0 heterocycles. The number of carbonyl (C=O) groups excluding carboxylic acids is 1. The summed E-state index contributed by atoms with van der Waals surface area (Å²) in [6.07, 6.45) is -5.76. The van der Waals surface area contributed by atoms with E-state index in [0.717, 1.165) is 12.1 Å². The zero-order valence-electron chi connectivity index (χ0n) is 12.3. The van der Waals surface area contributed by atoms with E-state index in [1.54, 1.807) is 18.2 Å². The van der Waals surface area contributed by atoms with Crippen LogP contribution in [0.1, 0.15) is 15.9 Å². The molecule has 0 aliphatic heterocycles. The maximum atomic E-state index is 12.9. The number of rotatable bonds is 3. The number of hydrogen-bond acceptors (Lipinski definition) is 3. The summed E-state index contributed by atoms with van der Waals surface area (Å²) >= 11 is 0. The third-order valence-electron chi connectivity index (χ3n) is 3.20. The van der Waals surface area contributed by atoms with Gasteiger partial charge in [0.15, 0.2) is 5.96 Å². The Balaban J connectivity index is 2.70. The Morgan fingerprint density at radius 2 is 1.79 bits per heavy atom. The van der Waals surface area contributed by atoms with Gasteiger partial charge in [0.05, 0.1) is 12.0 Å². The van der Waals surface area contributed by atoms with Gasteiger partial charge in [-0.15, -0.1) is 0 Å². The number of benzene rings is 2. The number of nitrogens with one attached hydrogen (secondary N) is 2. The van der Waals surface area contributed by atoms with Gasteiger partial charge >= 0.3 is 6.18 Å². The maximum Gasteiger partial charge on any atom is 0.393 e. The Morgan fingerprint density at radius 3 is 2.33 bits per heavy atom. The fourth-order valence-electron chi connectivity index (χ4n) is 2.35. The average Bonchev–Trinajstić information content (AvgIpc) is 2.47. The molecule has 2 rings (SSSR count). The summed E-state index contributed by atoms with van der Waals surface area (Å²) in [5.74, 6) is -2.14. The van der Waals surface area contributed by atoms with Gasteiger partial charge in [-0.2, -0.15) is 13.2 Å². The van der Waals surface area contributed by atoms with Crippen LogP contribution in [-0.4, -0.2) is 23.1 Å². The molecule has 0 unspecified atom stereocenters. The van der Waals surface area contributed by atoms with Crippen molar-refractivity contribution in [1.82, 2.24) is 5.32 Å². The standard InChI is InChI=1S/C16H14F3N3O2/c17-16(18,19)8-10-6-7-11(23)13(14(24)22-15(20)21)12(10)9-4-2-1-3-5-9/h1-7,23H,8H2,(H4,20,21,22,24). The lowest BCUT2D eigenvalue weighted by atomic mass is 9.91. The molecule has 5 N–H and O–H groups in total. The highest BCUT2D eigenvalue weighted by atomic mass is 19.4. The molecule has 0 spiro atoms. The minimum absolute atomic E-state index is 0.0494. The van der Waals surface area contributed by atoms with Gasteiger partial charge < -0.3 is 10.8 Å². The molecule has 0 aromatic heterocycles. The number of carbonyl (C=O) groups is 1. The van der Waals surface area contributed by atoms with Crippen LogP contribution in [0.15, 0.2) is 42.5 Å². The van der Waals surface area contributed by atoms with Crippen LogP contribution in [0.3, 0.4) is 0 Å². The molecule has 126 valence electrons. The monoisotopic (exact) mass is 337 g/mol. The van der Waals surface area contributed by atoms with Crippen molar-refractivity contribution in [1.29, 1.82) is 5.41 Å². The van der Waals surface area contributed by atoms with Gasteiger partial charge in [-0.05, 0) is 17.2 Å². The van der Waals surface area contributed by atoms with E-state index in [4.69, 9.17) is 11.1 Å². The topological polar surface area (TPSA) is 99.2 Å². The SMILES string of the molecule is N=C(N)NC(=O)c1c(O)ccc(CC(F)(F)F)c1-c1ccccc1. The van der Waals surface area contributed by atoms with Gasteiger partial charge in [-0.1, -0.05) is 36.4 Å². The van der Waals surface area contributed by atoms with Crippen LogP contribution in [0.5, 0.6) is 5.75 Å². The van der Waals surface area contributed by atoms with Crippen molar-refractivity contribution in [3.8, 4) is 16.9 Å². The fourth-order valence-corrected chi connectivity index (χ4v) is 2.35. The van der Waals surface area contributed by atoms with Gasteiger partial charge in [0.1, 0.15) is 5.75 Å². The smallest absolute Gasteiger partial charge is 0.393 e. The van der Waals surface area contributed by atoms with Crippen molar-refractivity contribution < 1.29 is 23.1 Å². The van der Waals surface area contributed by atoms with E-state index < -0.39 is 30.2 Å². The van der Waals surface area contributed by atoms with E-state index in [-0.39, 0.29) is 16.7 Å². The summed E-state index contributed by atoms with van der Waals surface area (Å²) in [4.78, 5) is 12.2. The zero-order chi connectivity index (χ0) is 17.9. The molecule has 0 aliphatic carbocycles. The molecule has 0 saturated carbocycles. The molecule has 0 aliphatic rings. The van der Waals surface area contributed by atoms with Crippen LogP contribution in [0.25, 0.3) is 11.1 Å². The number of hydrogen-bond donors (Lipinski definition) is 4. The number of halogens is 3. The number of phenols is 1. The Hall–Kier alpha value is -3.03. The first kappa shape index (κ1) is 17.3. The predicted molar refractivity (Wildman–Crippen MR) is 82.7 cm³/mol. The molecule has 0 radical (unpaired) electrons. The minimum atomic E-state index is -4.49. The molecule has 2 aromatic carbocycles. The fraction of sp³-hybridized carbons (Fsp3) is 0.125. The van der Waals surface area contributed by atoms with Gasteiger partial charge in [-0.3, -0.25) is 15.5 Å². The van der Waals surface area contributed by atoms with E-state index in [9.17, 15) is 23.1 Å². The molecule has 2 aromatic rings. The highest BCUT2D eigenvalue weighted by Crippen LogP contribution is 2.36. The molecular formula is C16H14F3N3O2. The summed E-state index contributed by atoms with van der Waals surface area (Å²) in [7, 11) is 0. The summed E-state index contributed by atoms with van der Waals surface area (Å²) in [6, 6.07) is 10.1. The lowest BCUT2D eigenvalue weighted by molar-refractivity contribution is -0.127. The van der Waals surface area contributed by atoms with Crippen LogP contribution in [0.2, 0.25) is 0 Å². The summed E-state index contributed by atoms with van der Waals surface area (Å²) in [5.41, 5.74) is 4.85. The molecule has 0 bridgehead atoms. The highest BCUT2D eigenvalue weighted by molar-refractivity contribution is 6.10. The van der Waals surface area contributed by atoms with E-state index >= 15 is 0 Å². The third-order valence-corrected chi connectivity index (χ3v) is 3.20. The van der Waals surface area contributed by atoms with Crippen LogP contribution >= 0.6 is 0 Å². The van der Waals surface area contributed by atoms with Crippen molar-refractivity contribution in [3.05, 3.63) is 53.6 Å². The van der Waals surface area contributed by atoms with Crippen molar-refractivity contribution in [2.45, 2.75) is 12.6 Å². The summed E-state index contributed by atoms with van der Waals surface area (Å²) < 4.78 is 38.6. The zero-order valence-corrected chi connectivity index (χ0v) is 12.3. The molecule has 0 atom stereocenters. The maximum absolute atomic E-state index is 12.9. The first-order valence-corrected chi connectivity index (χ1v) is 6.81. The minimum Gasteiger partial charge on any atom is -0.507 e. The summed E-state index contributed by atoms with van der Waals surface area (Å²) in [6.45, 7) is 0. The lowest BCUT2D eigenvalue weighted by Gasteiger charge is -2.17. The summed E-state index contributed by atoms with van der Waals surface area (Å²) in [5, 5.41) is 19.1. The second-order valence-corrected chi connectivity index (χ2v) is 5.02. The number of amides is 1. The lowest BCUT2D eigenvalue weighted by Crippen LogP contribution is -2.36. The average molecular weight is 337 g/mol. The van der Waals surface area contributed by atoms with Crippen LogP contribution in [0.4, 0.5) is 13.2 Å². The quantitative estimate of drug-likeness (QED) is 0.512. The molecule has 8 heteroatoms. The molecular weight excluding hydrogens is 323 g/mol. The Bertz CT molecular complexity index is 774. The Morgan fingerprint density at radius 1 is 1.17 bits per heavy atom. The molecule has 24 heavy (non-hydrogen) atoms.